The van der Waals surface area contributed by atoms with Gasteiger partial charge in [0.15, 0.2) is 5.17 Å². The fourth-order valence-electron chi connectivity index (χ4n) is 4.49. The Morgan fingerprint density at radius 2 is 2.08 bits per heavy atom. The molecule has 2 N–H and O–H groups in total. The van der Waals surface area contributed by atoms with Gasteiger partial charge in [-0.25, -0.2) is 0 Å². The lowest BCUT2D eigenvalue weighted by Gasteiger charge is -2.33. The maximum absolute atomic E-state index is 13.6. The molecule has 0 spiro atoms. The summed E-state index contributed by atoms with van der Waals surface area (Å²) >= 11 is 7.11. The van der Waals surface area contributed by atoms with Gasteiger partial charge in [-0.15, -0.1) is 0 Å². The van der Waals surface area contributed by atoms with Crippen molar-refractivity contribution in [2.75, 3.05) is 26.2 Å². The smallest absolute Gasteiger partial charge is 0.395 e. The van der Waals surface area contributed by atoms with Crippen LogP contribution in [0.1, 0.15) is 22.4 Å². The van der Waals surface area contributed by atoms with E-state index in [1.54, 1.807) is 29.8 Å². The van der Waals surface area contributed by atoms with E-state index >= 15 is 0 Å². The molecule has 0 unspecified atom stereocenters. The van der Waals surface area contributed by atoms with Crippen molar-refractivity contribution >= 4 is 51.4 Å². The van der Waals surface area contributed by atoms with E-state index in [0.29, 0.717) is 40.9 Å². The number of thioether (sulfide) groups is 1. The Kier molecular flexibility index (Phi) is 7.06. The van der Waals surface area contributed by atoms with Crippen LogP contribution in [0, 0.1) is 6.92 Å². The standard InChI is InChI=1S/C25H23ClF3N5O2S/c1-14-19-8-15(9-22-23(36)31-24(37-22)33-7-6-30-18(12-33)13-35)2-5-21(19)34(32-14)11-16-3-4-17(26)10-20(16)25(27,28)29/h2-5,8-10,18,30,35H,6-7,11-13H2,1H3/b22-9-/t18-/m1/s1. The number of amides is 1. The minimum atomic E-state index is -4.53. The molecule has 3 heterocycles. The van der Waals surface area contributed by atoms with E-state index < -0.39 is 11.7 Å². The highest BCUT2D eigenvalue weighted by atomic mass is 35.5. The summed E-state index contributed by atoms with van der Waals surface area (Å²) in [6.45, 7) is 3.68. The van der Waals surface area contributed by atoms with Crippen molar-refractivity contribution < 1.29 is 23.1 Å². The van der Waals surface area contributed by atoms with Crippen molar-refractivity contribution in [1.29, 1.82) is 0 Å². The zero-order valence-electron chi connectivity index (χ0n) is 19.7. The van der Waals surface area contributed by atoms with Gasteiger partial charge in [0.2, 0.25) is 0 Å². The number of fused-ring (bicyclic) bond motifs is 1. The number of nitrogens with zero attached hydrogens (tertiary/aromatic N) is 4. The number of alkyl halides is 3. The topological polar surface area (TPSA) is 82.8 Å². The molecular formula is C25H23ClF3N5O2S. The van der Waals surface area contributed by atoms with E-state index in [-0.39, 0.29) is 35.7 Å². The summed E-state index contributed by atoms with van der Waals surface area (Å²) in [5.41, 5.74) is 1.39. The molecular weight excluding hydrogens is 527 g/mol. The molecule has 0 aliphatic carbocycles. The minimum absolute atomic E-state index is 0.00761. The third-order valence-corrected chi connectivity index (χ3v) is 7.59. The predicted molar refractivity (Wildman–Crippen MR) is 138 cm³/mol. The van der Waals surface area contributed by atoms with Crippen LogP contribution in [-0.2, 0) is 17.5 Å². The lowest BCUT2D eigenvalue weighted by Crippen LogP contribution is -2.53. The summed E-state index contributed by atoms with van der Waals surface area (Å²) in [4.78, 5) is 19.2. The first kappa shape index (κ1) is 25.8. The molecule has 1 fully saturated rings. The summed E-state index contributed by atoms with van der Waals surface area (Å²) in [5, 5.41) is 18.5. The molecule has 194 valence electrons. The van der Waals surface area contributed by atoms with E-state index in [1.165, 1.54) is 23.9 Å². The highest BCUT2D eigenvalue weighted by molar-refractivity contribution is 8.18. The van der Waals surface area contributed by atoms with Crippen molar-refractivity contribution in [2.24, 2.45) is 4.99 Å². The van der Waals surface area contributed by atoms with Gasteiger partial charge in [-0.05, 0) is 60.2 Å². The number of hydrogen-bond donors (Lipinski definition) is 2. The van der Waals surface area contributed by atoms with Gasteiger partial charge in [-0.3, -0.25) is 9.48 Å². The molecule has 2 aromatic carbocycles. The van der Waals surface area contributed by atoms with Crippen LogP contribution in [0.4, 0.5) is 13.2 Å². The molecule has 1 aromatic heterocycles. The molecule has 5 rings (SSSR count). The number of aryl methyl sites for hydroxylation is 1. The average molecular weight is 550 g/mol. The van der Waals surface area contributed by atoms with Gasteiger partial charge in [-0.1, -0.05) is 23.7 Å². The fraction of sp³-hybridized carbons (Fsp3) is 0.320. The number of rotatable bonds is 4. The zero-order valence-corrected chi connectivity index (χ0v) is 21.3. The second kappa shape index (κ2) is 10.1. The van der Waals surface area contributed by atoms with Crippen LogP contribution in [0.5, 0.6) is 0 Å². The second-order valence-electron chi connectivity index (χ2n) is 8.91. The highest BCUT2D eigenvalue weighted by Gasteiger charge is 2.34. The number of carbonyl (C=O) groups is 1. The van der Waals surface area contributed by atoms with Gasteiger partial charge in [0.05, 0.1) is 34.8 Å². The number of aliphatic hydroxyl groups excluding tert-OH is 1. The largest absolute Gasteiger partial charge is 0.416 e. The molecule has 12 heteroatoms. The molecule has 0 saturated carbocycles. The summed E-state index contributed by atoms with van der Waals surface area (Å²) in [6.07, 6.45) is -2.78. The second-order valence-corrected chi connectivity index (χ2v) is 10.4. The van der Waals surface area contributed by atoms with Gasteiger partial charge in [0, 0.05) is 36.1 Å². The summed E-state index contributed by atoms with van der Waals surface area (Å²) in [7, 11) is 0. The Balaban J connectivity index is 1.39. The monoisotopic (exact) mass is 549 g/mol. The third kappa shape index (κ3) is 5.40. The molecule has 1 saturated heterocycles. The first-order valence-electron chi connectivity index (χ1n) is 11.6. The van der Waals surface area contributed by atoms with Crippen molar-refractivity contribution in [2.45, 2.75) is 25.7 Å². The lowest BCUT2D eigenvalue weighted by atomic mass is 10.1. The third-order valence-electron chi connectivity index (χ3n) is 6.31. The number of halogens is 4. The van der Waals surface area contributed by atoms with Gasteiger partial charge in [0.1, 0.15) is 0 Å². The first-order chi connectivity index (χ1) is 17.6. The highest BCUT2D eigenvalue weighted by Crippen LogP contribution is 2.35. The molecule has 3 aromatic rings. The van der Waals surface area contributed by atoms with Crippen LogP contribution < -0.4 is 5.32 Å². The molecule has 37 heavy (non-hydrogen) atoms. The van der Waals surface area contributed by atoms with E-state index in [0.717, 1.165) is 17.0 Å². The Hall–Kier alpha value is -2.86. The van der Waals surface area contributed by atoms with Crippen LogP contribution >= 0.6 is 23.4 Å². The molecule has 1 amide bonds. The molecule has 0 bridgehead atoms. The Labute approximate surface area is 220 Å². The quantitative estimate of drug-likeness (QED) is 0.472. The van der Waals surface area contributed by atoms with Crippen molar-refractivity contribution in [1.82, 2.24) is 20.0 Å². The molecule has 2 aliphatic rings. The van der Waals surface area contributed by atoms with Crippen LogP contribution in [0.25, 0.3) is 17.0 Å². The number of aromatic nitrogens is 2. The molecule has 2 aliphatic heterocycles. The number of benzene rings is 2. The Morgan fingerprint density at radius 3 is 2.84 bits per heavy atom. The normalized spacial score (nSPS) is 19.8. The number of piperazine rings is 1. The minimum Gasteiger partial charge on any atom is -0.395 e. The number of carbonyl (C=O) groups excluding carboxylic acids is 1. The molecule has 0 radical (unpaired) electrons. The lowest BCUT2D eigenvalue weighted by molar-refractivity contribution is -0.138. The van der Waals surface area contributed by atoms with Gasteiger partial charge in [0.25, 0.3) is 5.91 Å². The number of amidine groups is 1. The zero-order chi connectivity index (χ0) is 26.3. The number of aliphatic hydroxyl groups is 1. The maximum Gasteiger partial charge on any atom is 0.416 e. The molecule has 7 nitrogen and oxygen atoms in total. The van der Waals surface area contributed by atoms with Gasteiger partial charge in [-0.2, -0.15) is 23.3 Å². The number of hydrogen-bond acceptors (Lipinski definition) is 6. The van der Waals surface area contributed by atoms with Crippen LogP contribution in [0.2, 0.25) is 5.02 Å². The van der Waals surface area contributed by atoms with Crippen molar-refractivity contribution in [3.8, 4) is 0 Å². The maximum atomic E-state index is 13.6. The van der Waals surface area contributed by atoms with Crippen molar-refractivity contribution in [3.05, 3.63) is 68.7 Å². The summed E-state index contributed by atoms with van der Waals surface area (Å²) < 4.78 is 42.2. The first-order valence-corrected chi connectivity index (χ1v) is 12.8. The molecule has 1 atom stereocenters. The summed E-state index contributed by atoms with van der Waals surface area (Å²) in [5.74, 6) is -0.325. The van der Waals surface area contributed by atoms with E-state index in [9.17, 15) is 23.1 Å². The Bertz CT molecular complexity index is 1440. The van der Waals surface area contributed by atoms with Gasteiger partial charge < -0.3 is 15.3 Å². The van der Waals surface area contributed by atoms with Crippen molar-refractivity contribution in [3.63, 3.8) is 0 Å². The van der Waals surface area contributed by atoms with Crippen LogP contribution in [0.15, 0.2) is 46.3 Å². The van der Waals surface area contributed by atoms with Crippen LogP contribution in [0.3, 0.4) is 0 Å². The summed E-state index contributed by atoms with van der Waals surface area (Å²) in [6, 6.07) is 9.13. The van der Waals surface area contributed by atoms with E-state index in [2.05, 4.69) is 15.4 Å². The predicted octanol–water partition coefficient (Wildman–Crippen LogP) is 4.30. The van der Waals surface area contributed by atoms with Crippen LogP contribution in [-0.4, -0.2) is 63.1 Å². The fourth-order valence-corrected chi connectivity index (χ4v) is 5.61. The SMILES string of the molecule is Cc1nn(Cc2ccc(Cl)cc2C(F)(F)F)c2ccc(/C=C3\SC(N4CCN[C@@H](CO)C4)=NC3=O)cc12. The van der Waals surface area contributed by atoms with E-state index in [1.807, 2.05) is 11.0 Å². The van der Waals surface area contributed by atoms with E-state index in [4.69, 9.17) is 11.6 Å². The Morgan fingerprint density at radius 1 is 1.27 bits per heavy atom. The van der Waals surface area contributed by atoms with Gasteiger partial charge >= 0.3 is 6.18 Å². The average Bonchev–Trinajstić information content (AvgIpc) is 3.38. The number of nitrogens with one attached hydrogen (secondary N) is 1. The number of aliphatic imine (C=N–C) groups is 1.